The Morgan fingerprint density at radius 2 is 1.88 bits per heavy atom. The first-order valence-corrected chi connectivity index (χ1v) is 10.3. The molecule has 2 fully saturated rings. The molecule has 3 rings (SSSR count). The lowest BCUT2D eigenvalue weighted by Crippen LogP contribution is -2.39. The molecule has 2 aliphatic rings. The van der Waals surface area contributed by atoms with Crippen LogP contribution in [0.3, 0.4) is 0 Å². The number of carbonyl (C=O) groups is 1. The van der Waals surface area contributed by atoms with Crippen LogP contribution in [0.2, 0.25) is 0 Å². The zero-order chi connectivity index (χ0) is 18.6. The summed E-state index contributed by atoms with van der Waals surface area (Å²) >= 11 is 2.01. The number of rotatable bonds is 4. The highest BCUT2D eigenvalue weighted by Crippen LogP contribution is 2.29. The van der Waals surface area contributed by atoms with Crippen LogP contribution in [0.15, 0.2) is 24.3 Å². The van der Waals surface area contributed by atoms with Crippen LogP contribution in [-0.2, 0) is 17.4 Å². The lowest BCUT2D eigenvalue weighted by molar-refractivity contribution is -0.137. The molecule has 2 aliphatic heterocycles. The number of carbonyl (C=O) groups excluding carboxylic acids is 1. The number of amides is 1. The minimum absolute atomic E-state index is 0.104. The van der Waals surface area contributed by atoms with E-state index in [1.54, 1.807) is 0 Å². The van der Waals surface area contributed by atoms with Gasteiger partial charge in [0, 0.05) is 44.4 Å². The molecule has 0 spiro atoms. The van der Waals surface area contributed by atoms with Crippen molar-refractivity contribution in [3.8, 4) is 0 Å². The summed E-state index contributed by atoms with van der Waals surface area (Å²) < 4.78 is 37.8. The fourth-order valence-electron chi connectivity index (χ4n) is 3.63. The van der Waals surface area contributed by atoms with E-state index in [1.807, 2.05) is 16.7 Å². The Bertz CT molecular complexity index is 600. The number of hydrogen-bond donors (Lipinski definition) is 0. The van der Waals surface area contributed by atoms with Gasteiger partial charge in [0.1, 0.15) is 0 Å². The summed E-state index contributed by atoms with van der Waals surface area (Å²) in [7, 11) is 0. The van der Waals surface area contributed by atoms with Crippen LogP contribution in [0, 0.1) is 0 Å². The largest absolute Gasteiger partial charge is 0.416 e. The molecule has 0 N–H and O–H groups in total. The molecule has 1 aromatic rings. The number of halogens is 3. The molecular weight excluding hydrogens is 361 g/mol. The standard InChI is InChI=1S/C19H25F3N2OS/c20-19(21,22)16-5-2-15(3-6-16)4-7-18(25)24-10-1-9-23(11-12-24)17-8-13-26-14-17/h2-3,5-6,17H,1,4,7-14H2. The molecule has 3 nitrogen and oxygen atoms in total. The Hall–Kier alpha value is -1.21. The third kappa shape index (κ3) is 5.16. The normalized spacial score (nSPS) is 22.4. The maximum atomic E-state index is 12.6. The first-order valence-electron chi connectivity index (χ1n) is 9.19. The molecule has 1 amide bonds. The summed E-state index contributed by atoms with van der Waals surface area (Å²) in [5.41, 5.74) is 0.121. The average Bonchev–Trinajstić information content (AvgIpc) is 3.04. The predicted octanol–water partition coefficient (Wildman–Crippen LogP) is 3.68. The van der Waals surface area contributed by atoms with Gasteiger partial charge in [0.15, 0.2) is 0 Å². The van der Waals surface area contributed by atoms with Gasteiger partial charge < -0.3 is 4.90 Å². The van der Waals surface area contributed by atoms with Crippen molar-refractivity contribution in [2.24, 2.45) is 0 Å². The number of hydrogen-bond acceptors (Lipinski definition) is 3. The first-order chi connectivity index (χ1) is 12.4. The van der Waals surface area contributed by atoms with Crippen molar-refractivity contribution in [2.75, 3.05) is 37.7 Å². The number of alkyl halides is 3. The highest BCUT2D eigenvalue weighted by Gasteiger charge is 2.30. The van der Waals surface area contributed by atoms with Crippen LogP contribution in [0.4, 0.5) is 13.2 Å². The first kappa shape index (κ1) is 19.5. The van der Waals surface area contributed by atoms with Gasteiger partial charge in [0.2, 0.25) is 5.91 Å². The van der Waals surface area contributed by atoms with E-state index in [1.165, 1.54) is 30.1 Å². The van der Waals surface area contributed by atoms with Gasteiger partial charge in [0.05, 0.1) is 5.56 Å². The third-order valence-electron chi connectivity index (χ3n) is 5.21. The minimum atomic E-state index is -4.32. The van der Waals surface area contributed by atoms with Crippen molar-refractivity contribution in [2.45, 2.75) is 37.9 Å². The van der Waals surface area contributed by atoms with Crippen LogP contribution >= 0.6 is 11.8 Å². The summed E-state index contributed by atoms with van der Waals surface area (Å²) in [5.74, 6) is 2.53. The number of aryl methyl sites for hydroxylation is 1. The van der Waals surface area contributed by atoms with Crippen molar-refractivity contribution in [3.05, 3.63) is 35.4 Å². The van der Waals surface area contributed by atoms with Gasteiger partial charge in [-0.15, -0.1) is 0 Å². The number of benzene rings is 1. The van der Waals surface area contributed by atoms with E-state index in [4.69, 9.17) is 0 Å². The van der Waals surface area contributed by atoms with E-state index in [-0.39, 0.29) is 5.91 Å². The van der Waals surface area contributed by atoms with Gasteiger partial charge >= 0.3 is 6.18 Å². The van der Waals surface area contributed by atoms with Crippen LogP contribution in [0.5, 0.6) is 0 Å². The molecule has 2 heterocycles. The molecule has 7 heteroatoms. The van der Waals surface area contributed by atoms with Crippen LogP contribution < -0.4 is 0 Å². The topological polar surface area (TPSA) is 23.6 Å². The lowest BCUT2D eigenvalue weighted by atomic mass is 10.1. The molecule has 0 saturated carbocycles. The van der Waals surface area contributed by atoms with Gasteiger partial charge in [-0.1, -0.05) is 12.1 Å². The molecule has 1 unspecified atom stereocenters. The Balaban J connectivity index is 1.47. The molecule has 2 saturated heterocycles. The second-order valence-electron chi connectivity index (χ2n) is 6.98. The lowest BCUT2D eigenvalue weighted by Gasteiger charge is -2.26. The van der Waals surface area contributed by atoms with Crippen molar-refractivity contribution in [1.29, 1.82) is 0 Å². The summed E-state index contributed by atoms with van der Waals surface area (Å²) in [5, 5.41) is 0. The number of thioether (sulfide) groups is 1. The molecule has 1 atom stereocenters. The van der Waals surface area contributed by atoms with Gasteiger partial charge in [0.25, 0.3) is 0 Å². The minimum Gasteiger partial charge on any atom is -0.341 e. The monoisotopic (exact) mass is 386 g/mol. The molecule has 0 aliphatic carbocycles. The van der Waals surface area contributed by atoms with Gasteiger partial charge in [-0.25, -0.2) is 0 Å². The van der Waals surface area contributed by atoms with Crippen molar-refractivity contribution in [3.63, 3.8) is 0 Å². The highest BCUT2D eigenvalue weighted by molar-refractivity contribution is 7.99. The second-order valence-corrected chi connectivity index (χ2v) is 8.13. The van der Waals surface area contributed by atoms with E-state index in [2.05, 4.69) is 4.90 Å². The van der Waals surface area contributed by atoms with Crippen molar-refractivity contribution < 1.29 is 18.0 Å². The second kappa shape index (κ2) is 8.65. The van der Waals surface area contributed by atoms with E-state index < -0.39 is 11.7 Å². The zero-order valence-electron chi connectivity index (χ0n) is 14.8. The Morgan fingerprint density at radius 1 is 1.12 bits per heavy atom. The fraction of sp³-hybridized carbons (Fsp3) is 0.632. The number of nitrogens with zero attached hydrogens (tertiary/aromatic N) is 2. The summed E-state index contributed by atoms with van der Waals surface area (Å²) in [6, 6.07) is 5.77. The van der Waals surface area contributed by atoms with E-state index in [0.717, 1.165) is 50.3 Å². The Labute approximate surface area is 156 Å². The molecule has 0 radical (unpaired) electrons. The van der Waals surface area contributed by atoms with Crippen LogP contribution in [0.25, 0.3) is 0 Å². The van der Waals surface area contributed by atoms with Gasteiger partial charge in [-0.3, -0.25) is 9.69 Å². The van der Waals surface area contributed by atoms with Crippen molar-refractivity contribution >= 4 is 17.7 Å². The molecule has 1 aromatic carbocycles. The van der Waals surface area contributed by atoms with Gasteiger partial charge in [-0.05, 0) is 42.7 Å². The van der Waals surface area contributed by atoms with Crippen LogP contribution in [0.1, 0.15) is 30.4 Å². The zero-order valence-corrected chi connectivity index (χ0v) is 15.6. The molecular formula is C19H25F3N2OS. The smallest absolute Gasteiger partial charge is 0.341 e. The molecule has 0 bridgehead atoms. The summed E-state index contributed by atoms with van der Waals surface area (Å²) in [6.45, 7) is 3.51. The maximum Gasteiger partial charge on any atom is 0.416 e. The Morgan fingerprint density at radius 3 is 2.54 bits per heavy atom. The SMILES string of the molecule is O=C(CCc1ccc(C(F)(F)F)cc1)N1CCCN(C2CCSC2)CC1. The Kier molecular flexibility index (Phi) is 6.51. The fourth-order valence-corrected chi connectivity index (χ4v) is 4.89. The predicted molar refractivity (Wildman–Crippen MR) is 98.3 cm³/mol. The van der Waals surface area contributed by atoms with E-state index in [0.29, 0.717) is 18.9 Å². The molecule has 0 aromatic heterocycles. The molecule has 26 heavy (non-hydrogen) atoms. The highest BCUT2D eigenvalue weighted by atomic mass is 32.2. The molecule has 144 valence electrons. The average molecular weight is 386 g/mol. The van der Waals surface area contributed by atoms with Crippen LogP contribution in [-0.4, -0.2) is 59.4 Å². The van der Waals surface area contributed by atoms with Crippen molar-refractivity contribution in [1.82, 2.24) is 9.80 Å². The van der Waals surface area contributed by atoms with E-state index >= 15 is 0 Å². The van der Waals surface area contributed by atoms with Gasteiger partial charge in [-0.2, -0.15) is 24.9 Å². The summed E-state index contributed by atoms with van der Waals surface area (Å²) in [6.07, 6.45) is -1.25. The third-order valence-corrected chi connectivity index (χ3v) is 6.36. The summed E-state index contributed by atoms with van der Waals surface area (Å²) in [4.78, 5) is 16.9. The quantitative estimate of drug-likeness (QED) is 0.789. The maximum absolute atomic E-state index is 12.6. The van der Waals surface area contributed by atoms with E-state index in [9.17, 15) is 18.0 Å².